The summed E-state index contributed by atoms with van der Waals surface area (Å²) in [6.07, 6.45) is 4.94. The zero-order valence-corrected chi connectivity index (χ0v) is 13.5. The molecule has 0 spiro atoms. The van der Waals surface area contributed by atoms with Crippen LogP contribution < -0.4 is 5.32 Å². The SMILES string of the molecule is Cn1ncc(C2CCC2)c1C(=O)Nc1cc(F)c(F)cc1Br. The maximum absolute atomic E-state index is 13.3. The first-order valence-electron chi connectivity index (χ1n) is 6.95. The molecule has 1 aliphatic carbocycles. The molecule has 1 heterocycles. The number of benzene rings is 1. The van der Waals surface area contributed by atoms with Gasteiger partial charge in [-0.15, -0.1) is 0 Å². The predicted octanol–water partition coefficient (Wildman–Crippen LogP) is 3.98. The molecule has 1 N–H and O–H groups in total. The molecule has 1 aromatic heterocycles. The Morgan fingerprint density at radius 2 is 2.05 bits per heavy atom. The van der Waals surface area contributed by atoms with Gasteiger partial charge in [0.2, 0.25) is 0 Å². The smallest absolute Gasteiger partial charge is 0.274 e. The van der Waals surface area contributed by atoms with Gasteiger partial charge in [0.1, 0.15) is 5.69 Å². The van der Waals surface area contributed by atoms with Crippen molar-refractivity contribution in [1.82, 2.24) is 9.78 Å². The quantitative estimate of drug-likeness (QED) is 0.831. The summed E-state index contributed by atoms with van der Waals surface area (Å²) in [4.78, 5) is 12.5. The molecule has 0 radical (unpaired) electrons. The maximum Gasteiger partial charge on any atom is 0.274 e. The highest BCUT2D eigenvalue weighted by molar-refractivity contribution is 9.10. The molecular weight excluding hydrogens is 356 g/mol. The van der Waals surface area contributed by atoms with E-state index in [0.29, 0.717) is 11.6 Å². The van der Waals surface area contributed by atoms with Crippen LogP contribution in [0.4, 0.5) is 14.5 Å². The number of hydrogen-bond donors (Lipinski definition) is 1. The normalized spacial score (nSPS) is 14.7. The number of amides is 1. The van der Waals surface area contributed by atoms with Crippen LogP contribution in [-0.2, 0) is 7.05 Å². The number of nitrogens with zero attached hydrogens (tertiary/aromatic N) is 2. The molecule has 0 saturated heterocycles. The number of carbonyl (C=O) groups excluding carboxylic acids is 1. The molecule has 0 atom stereocenters. The molecule has 2 aromatic rings. The topological polar surface area (TPSA) is 46.9 Å². The fraction of sp³-hybridized carbons (Fsp3) is 0.333. The van der Waals surface area contributed by atoms with Gasteiger partial charge in [-0.2, -0.15) is 5.10 Å². The Morgan fingerprint density at radius 1 is 1.36 bits per heavy atom. The minimum atomic E-state index is -1.01. The van der Waals surface area contributed by atoms with Gasteiger partial charge >= 0.3 is 0 Å². The highest BCUT2D eigenvalue weighted by Crippen LogP contribution is 2.38. The predicted molar refractivity (Wildman–Crippen MR) is 81.8 cm³/mol. The average Bonchev–Trinajstić information content (AvgIpc) is 2.76. The van der Waals surface area contributed by atoms with Crippen molar-refractivity contribution in [2.24, 2.45) is 7.05 Å². The summed E-state index contributed by atoms with van der Waals surface area (Å²) in [6, 6.07) is 1.94. The van der Waals surface area contributed by atoms with Gasteiger partial charge in [-0.05, 0) is 40.8 Å². The number of rotatable bonds is 3. The van der Waals surface area contributed by atoms with Crippen LogP contribution in [0.2, 0.25) is 0 Å². The highest BCUT2D eigenvalue weighted by Gasteiger charge is 2.28. The number of aromatic nitrogens is 2. The molecule has 0 aliphatic heterocycles. The van der Waals surface area contributed by atoms with E-state index in [-0.39, 0.29) is 16.1 Å². The Labute approximate surface area is 134 Å². The summed E-state index contributed by atoms with van der Waals surface area (Å²) >= 11 is 3.12. The lowest BCUT2D eigenvalue weighted by Gasteiger charge is -2.25. The zero-order chi connectivity index (χ0) is 15.9. The molecule has 7 heteroatoms. The number of nitrogens with one attached hydrogen (secondary N) is 1. The Kier molecular flexibility index (Phi) is 3.99. The van der Waals surface area contributed by atoms with Gasteiger partial charge in [0.25, 0.3) is 5.91 Å². The van der Waals surface area contributed by atoms with Crippen LogP contribution in [-0.4, -0.2) is 15.7 Å². The van der Waals surface area contributed by atoms with Gasteiger partial charge < -0.3 is 5.32 Å². The average molecular weight is 370 g/mol. The Hall–Kier alpha value is -1.76. The number of aryl methyl sites for hydroxylation is 1. The lowest BCUT2D eigenvalue weighted by atomic mass is 9.80. The Balaban J connectivity index is 1.89. The largest absolute Gasteiger partial charge is 0.320 e. The van der Waals surface area contributed by atoms with E-state index in [1.165, 1.54) is 4.68 Å². The molecule has 1 aliphatic rings. The molecule has 0 unspecified atom stereocenters. The summed E-state index contributed by atoms with van der Waals surface area (Å²) in [5.41, 5.74) is 1.55. The standard InChI is InChI=1S/C15H14BrF2N3O/c1-21-14(9(7-19-21)8-3-2-4-8)15(22)20-13-6-12(18)11(17)5-10(13)16/h5-8H,2-4H2,1H3,(H,20,22). The van der Waals surface area contributed by atoms with E-state index in [1.807, 2.05) is 0 Å². The number of anilines is 1. The van der Waals surface area contributed by atoms with Crippen molar-refractivity contribution in [3.63, 3.8) is 0 Å². The van der Waals surface area contributed by atoms with Gasteiger partial charge in [-0.1, -0.05) is 6.42 Å². The first-order chi connectivity index (χ1) is 10.5. The van der Waals surface area contributed by atoms with Crippen molar-refractivity contribution in [2.75, 3.05) is 5.32 Å². The van der Waals surface area contributed by atoms with Crippen LogP contribution in [0, 0.1) is 11.6 Å². The first kappa shape index (κ1) is 15.1. The van der Waals surface area contributed by atoms with Crippen molar-refractivity contribution >= 4 is 27.5 Å². The number of halogens is 3. The van der Waals surface area contributed by atoms with E-state index in [2.05, 4.69) is 26.3 Å². The Morgan fingerprint density at radius 3 is 2.68 bits per heavy atom. The second-order valence-electron chi connectivity index (χ2n) is 5.40. The summed E-state index contributed by atoms with van der Waals surface area (Å²) in [5.74, 6) is -2.01. The van der Waals surface area contributed by atoms with Crippen LogP contribution in [0.15, 0.2) is 22.8 Å². The van der Waals surface area contributed by atoms with E-state index in [4.69, 9.17) is 0 Å². The van der Waals surface area contributed by atoms with Crippen molar-refractivity contribution < 1.29 is 13.6 Å². The molecule has 22 heavy (non-hydrogen) atoms. The molecule has 1 saturated carbocycles. The molecule has 1 amide bonds. The van der Waals surface area contributed by atoms with E-state index in [9.17, 15) is 13.6 Å². The molecular formula is C15H14BrF2N3O. The minimum absolute atomic E-state index is 0.185. The first-order valence-corrected chi connectivity index (χ1v) is 7.74. The molecule has 0 bridgehead atoms. The van der Waals surface area contributed by atoms with Crippen molar-refractivity contribution in [1.29, 1.82) is 0 Å². The van der Waals surface area contributed by atoms with Gasteiger partial charge in [0.05, 0.1) is 11.9 Å². The lowest BCUT2D eigenvalue weighted by molar-refractivity contribution is 0.101. The highest BCUT2D eigenvalue weighted by atomic mass is 79.9. The third-order valence-corrected chi connectivity index (χ3v) is 4.64. The summed E-state index contributed by atoms with van der Waals surface area (Å²) < 4.78 is 28.3. The van der Waals surface area contributed by atoms with Gasteiger partial charge in [-0.25, -0.2) is 8.78 Å². The van der Waals surface area contributed by atoms with Crippen molar-refractivity contribution in [2.45, 2.75) is 25.2 Å². The summed E-state index contributed by atoms with van der Waals surface area (Å²) in [5, 5.41) is 6.76. The summed E-state index contributed by atoms with van der Waals surface area (Å²) in [7, 11) is 1.69. The second kappa shape index (κ2) is 5.79. The third-order valence-electron chi connectivity index (χ3n) is 3.99. The zero-order valence-electron chi connectivity index (χ0n) is 11.9. The second-order valence-corrected chi connectivity index (χ2v) is 6.25. The summed E-state index contributed by atoms with van der Waals surface area (Å²) in [6.45, 7) is 0. The Bertz CT molecular complexity index is 741. The number of hydrogen-bond acceptors (Lipinski definition) is 2. The fourth-order valence-electron chi connectivity index (χ4n) is 2.55. The van der Waals surface area contributed by atoms with Crippen LogP contribution in [0.25, 0.3) is 0 Å². The van der Waals surface area contributed by atoms with Crippen LogP contribution in [0.5, 0.6) is 0 Å². The van der Waals surface area contributed by atoms with Gasteiger partial charge in [0, 0.05) is 23.2 Å². The maximum atomic E-state index is 13.3. The molecule has 4 nitrogen and oxygen atoms in total. The van der Waals surface area contributed by atoms with Gasteiger partial charge in [-0.3, -0.25) is 9.48 Å². The van der Waals surface area contributed by atoms with Crippen LogP contribution in [0.3, 0.4) is 0 Å². The minimum Gasteiger partial charge on any atom is -0.320 e. The van der Waals surface area contributed by atoms with Gasteiger partial charge in [0.15, 0.2) is 11.6 Å². The fourth-order valence-corrected chi connectivity index (χ4v) is 2.97. The number of carbonyl (C=O) groups is 1. The lowest BCUT2D eigenvalue weighted by Crippen LogP contribution is -2.21. The van der Waals surface area contributed by atoms with E-state index < -0.39 is 11.6 Å². The van der Waals surface area contributed by atoms with Crippen LogP contribution in [0.1, 0.15) is 41.2 Å². The van der Waals surface area contributed by atoms with Crippen molar-refractivity contribution in [3.8, 4) is 0 Å². The molecule has 1 fully saturated rings. The van der Waals surface area contributed by atoms with E-state index >= 15 is 0 Å². The monoisotopic (exact) mass is 369 g/mol. The van der Waals surface area contributed by atoms with E-state index in [1.54, 1.807) is 13.2 Å². The molecule has 1 aromatic carbocycles. The van der Waals surface area contributed by atoms with Crippen molar-refractivity contribution in [3.05, 3.63) is 45.7 Å². The molecule has 116 valence electrons. The van der Waals surface area contributed by atoms with Crippen LogP contribution >= 0.6 is 15.9 Å². The third kappa shape index (κ3) is 2.65. The van der Waals surface area contributed by atoms with E-state index in [0.717, 1.165) is 37.0 Å². The molecule has 3 rings (SSSR count).